The van der Waals surface area contributed by atoms with Crippen molar-refractivity contribution in [2.45, 2.75) is 51.3 Å². The topological polar surface area (TPSA) is 37.4 Å². The molecule has 1 saturated heterocycles. The van der Waals surface area contributed by atoms with Gasteiger partial charge in [-0.05, 0) is 31.1 Å². The number of hydrogen-bond acceptors (Lipinski definition) is 2. The molecule has 0 spiro atoms. The normalized spacial score (nSPS) is 44.1. The molecule has 1 amide bonds. The van der Waals surface area contributed by atoms with E-state index in [-0.39, 0.29) is 27.3 Å². The molecule has 0 aromatic heterocycles. The smallest absolute Gasteiger partial charge is 0.230 e. The number of halogens is 1. The molecule has 3 atom stereocenters. The molecule has 3 fully saturated rings. The van der Waals surface area contributed by atoms with Crippen LogP contribution in [0.1, 0.15) is 46.5 Å². The van der Waals surface area contributed by atoms with Gasteiger partial charge in [0.1, 0.15) is 0 Å². The molecule has 3 nitrogen and oxygen atoms in total. The van der Waals surface area contributed by atoms with Gasteiger partial charge >= 0.3 is 0 Å². The number of alkyl halides is 1. The summed E-state index contributed by atoms with van der Waals surface area (Å²) in [5, 5.41) is 0. The van der Waals surface area contributed by atoms with E-state index in [2.05, 4.69) is 36.7 Å². The lowest BCUT2D eigenvalue weighted by molar-refractivity contribution is -0.146. The molecule has 3 rings (SSSR count). The molecule has 1 heterocycles. The summed E-state index contributed by atoms with van der Waals surface area (Å²) in [6.07, 6.45) is 3.88. The van der Waals surface area contributed by atoms with Crippen molar-refractivity contribution in [2.24, 2.45) is 16.2 Å². The Balaban J connectivity index is 2.07. The molecular formula is C15H22BrNO2. The highest BCUT2D eigenvalue weighted by molar-refractivity contribution is 9.10. The van der Waals surface area contributed by atoms with Gasteiger partial charge in [0.2, 0.25) is 5.91 Å². The number of hydrogen-bond donors (Lipinski definition) is 0. The quantitative estimate of drug-likeness (QED) is 0.694. The van der Waals surface area contributed by atoms with Crippen LogP contribution in [0.2, 0.25) is 0 Å². The van der Waals surface area contributed by atoms with Gasteiger partial charge in [-0.25, -0.2) is 0 Å². The molecule has 4 heteroatoms. The summed E-state index contributed by atoms with van der Waals surface area (Å²) >= 11 is 3.58. The summed E-state index contributed by atoms with van der Waals surface area (Å²) in [6, 6.07) is 0. The minimum absolute atomic E-state index is 0.214. The van der Waals surface area contributed by atoms with Crippen LogP contribution in [-0.2, 0) is 9.59 Å². The largest absolute Gasteiger partial charge is 0.342 e. The highest BCUT2D eigenvalue weighted by atomic mass is 79.9. The van der Waals surface area contributed by atoms with Crippen LogP contribution in [0.15, 0.2) is 0 Å². The fourth-order valence-electron chi connectivity index (χ4n) is 4.63. The van der Waals surface area contributed by atoms with E-state index in [0.29, 0.717) is 0 Å². The molecule has 19 heavy (non-hydrogen) atoms. The van der Waals surface area contributed by atoms with Crippen molar-refractivity contribution >= 4 is 27.6 Å². The lowest BCUT2D eigenvalue weighted by atomic mass is 9.64. The van der Waals surface area contributed by atoms with E-state index >= 15 is 0 Å². The van der Waals surface area contributed by atoms with Crippen molar-refractivity contribution < 1.29 is 9.59 Å². The van der Waals surface area contributed by atoms with E-state index in [1.165, 1.54) is 0 Å². The molecule has 0 aromatic rings. The summed E-state index contributed by atoms with van der Waals surface area (Å²) in [7, 11) is 0. The van der Waals surface area contributed by atoms with Crippen LogP contribution < -0.4 is 0 Å². The van der Waals surface area contributed by atoms with Gasteiger partial charge < -0.3 is 4.90 Å². The number of likely N-dealkylation sites (tertiary alicyclic amines) is 1. The predicted molar refractivity (Wildman–Crippen MR) is 77.1 cm³/mol. The number of ketones is 1. The molecule has 0 aromatic carbocycles. The maximum Gasteiger partial charge on any atom is 0.230 e. The van der Waals surface area contributed by atoms with Gasteiger partial charge in [0.05, 0.1) is 10.2 Å². The zero-order chi connectivity index (χ0) is 14.1. The Morgan fingerprint density at radius 3 is 2.26 bits per heavy atom. The van der Waals surface area contributed by atoms with Crippen molar-refractivity contribution in [3.05, 3.63) is 0 Å². The first-order chi connectivity index (χ1) is 8.79. The first-order valence-electron chi connectivity index (χ1n) is 7.27. The Labute approximate surface area is 123 Å². The molecular weight excluding hydrogens is 306 g/mol. The Kier molecular flexibility index (Phi) is 2.74. The van der Waals surface area contributed by atoms with Crippen molar-refractivity contribution in [1.82, 2.24) is 4.90 Å². The van der Waals surface area contributed by atoms with Crippen LogP contribution in [0.3, 0.4) is 0 Å². The lowest BCUT2D eigenvalue weighted by Crippen LogP contribution is -2.51. The SMILES string of the molecule is CC12CCC(C(=O)N3CCCC3)(C(Br)C1=O)C2(C)C. The zero-order valence-electron chi connectivity index (χ0n) is 12.0. The first-order valence-corrected chi connectivity index (χ1v) is 8.18. The molecule has 0 radical (unpaired) electrons. The summed E-state index contributed by atoms with van der Waals surface area (Å²) < 4.78 is 0. The Morgan fingerprint density at radius 1 is 1.21 bits per heavy atom. The monoisotopic (exact) mass is 327 g/mol. The number of carbonyl (C=O) groups excluding carboxylic acids is 2. The molecule has 2 bridgehead atoms. The molecule has 106 valence electrons. The van der Waals surface area contributed by atoms with E-state index in [1.807, 2.05) is 4.90 Å². The van der Waals surface area contributed by atoms with Crippen LogP contribution in [0.4, 0.5) is 0 Å². The van der Waals surface area contributed by atoms with Gasteiger partial charge in [-0.1, -0.05) is 36.7 Å². The molecule has 0 N–H and O–H groups in total. The third kappa shape index (κ3) is 1.29. The fraction of sp³-hybridized carbons (Fsp3) is 0.867. The minimum atomic E-state index is -0.525. The Hall–Kier alpha value is -0.380. The van der Waals surface area contributed by atoms with E-state index in [9.17, 15) is 9.59 Å². The Morgan fingerprint density at radius 2 is 1.79 bits per heavy atom. The zero-order valence-corrected chi connectivity index (χ0v) is 13.5. The number of carbonyl (C=O) groups is 2. The summed E-state index contributed by atoms with van der Waals surface area (Å²) in [4.78, 5) is 27.4. The Bertz CT molecular complexity index is 455. The lowest BCUT2D eigenvalue weighted by Gasteiger charge is -2.41. The van der Waals surface area contributed by atoms with E-state index < -0.39 is 5.41 Å². The maximum atomic E-state index is 13.1. The van der Waals surface area contributed by atoms with Gasteiger partial charge in [0, 0.05) is 18.5 Å². The van der Waals surface area contributed by atoms with E-state index in [0.717, 1.165) is 38.8 Å². The molecule has 1 aliphatic heterocycles. The van der Waals surface area contributed by atoms with Crippen molar-refractivity contribution in [2.75, 3.05) is 13.1 Å². The average molecular weight is 328 g/mol. The highest BCUT2D eigenvalue weighted by Crippen LogP contribution is 2.72. The summed E-state index contributed by atoms with van der Waals surface area (Å²) in [5.41, 5.74) is -1.13. The van der Waals surface area contributed by atoms with Gasteiger partial charge in [-0.3, -0.25) is 9.59 Å². The summed E-state index contributed by atoms with van der Waals surface area (Å²) in [5.74, 6) is 0.447. The molecule has 2 saturated carbocycles. The van der Waals surface area contributed by atoms with E-state index in [1.54, 1.807) is 0 Å². The standard InChI is InChI=1S/C15H22BrNO2/c1-13(2)14(3)6-7-15(13,10(16)11(14)18)12(19)17-8-4-5-9-17/h10H,4-9H2,1-3H3. The number of fused-ring (bicyclic) bond motifs is 2. The molecule has 3 aliphatic rings. The van der Waals surface area contributed by atoms with Crippen LogP contribution in [0.5, 0.6) is 0 Å². The van der Waals surface area contributed by atoms with Crippen LogP contribution in [0, 0.1) is 16.2 Å². The second-order valence-corrected chi connectivity index (χ2v) is 8.07. The van der Waals surface area contributed by atoms with Gasteiger partial charge in [0.15, 0.2) is 5.78 Å². The van der Waals surface area contributed by atoms with Crippen molar-refractivity contribution in [3.63, 3.8) is 0 Å². The third-order valence-electron chi connectivity index (χ3n) is 6.50. The van der Waals surface area contributed by atoms with E-state index in [4.69, 9.17) is 0 Å². The number of Topliss-reactive ketones (excluding diaryl/α,β-unsaturated/α-hetero) is 1. The number of amides is 1. The predicted octanol–water partition coefficient (Wildman–Crippen LogP) is 2.77. The van der Waals surface area contributed by atoms with Crippen LogP contribution in [0.25, 0.3) is 0 Å². The minimum Gasteiger partial charge on any atom is -0.342 e. The maximum absolute atomic E-state index is 13.1. The second-order valence-electron chi connectivity index (χ2n) is 7.15. The number of rotatable bonds is 1. The third-order valence-corrected chi connectivity index (χ3v) is 7.69. The van der Waals surface area contributed by atoms with Crippen LogP contribution in [-0.4, -0.2) is 34.5 Å². The fourth-order valence-corrected chi connectivity index (χ4v) is 6.13. The van der Waals surface area contributed by atoms with Gasteiger partial charge in [-0.2, -0.15) is 0 Å². The molecule has 2 aliphatic carbocycles. The molecule has 3 unspecified atom stereocenters. The van der Waals surface area contributed by atoms with Crippen LogP contribution >= 0.6 is 15.9 Å². The second kappa shape index (κ2) is 3.84. The first kappa shape index (κ1) is 13.6. The number of nitrogens with zero attached hydrogens (tertiary/aromatic N) is 1. The highest BCUT2D eigenvalue weighted by Gasteiger charge is 2.77. The van der Waals surface area contributed by atoms with Crippen molar-refractivity contribution in [3.8, 4) is 0 Å². The van der Waals surface area contributed by atoms with Gasteiger partial charge in [0.25, 0.3) is 0 Å². The van der Waals surface area contributed by atoms with Gasteiger partial charge in [-0.15, -0.1) is 0 Å². The average Bonchev–Trinajstić information content (AvgIpc) is 2.97. The van der Waals surface area contributed by atoms with Crippen molar-refractivity contribution in [1.29, 1.82) is 0 Å². The summed E-state index contributed by atoms with van der Waals surface area (Å²) in [6.45, 7) is 8.01.